The van der Waals surface area contributed by atoms with Crippen LogP contribution in [0.5, 0.6) is 0 Å². The molecule has 0 unspecified atom stereocenters. The largest absolute Gasteiger partial charge is 1.00 e. The number of hydrogen-bond acceptors (Lipinski definition) is 3. The molecule has 3 aromatic heterocycles. The van der Waals surface area contributed by atoms with Crippen molar-refractivity contribution in [2.24, 2.45) is 0 Å². The molecule has 0 atom stereocenters. The summed E-state index contributed by atoms with van der Waals surface area (Å²) >= 11 is 0. The van der Waals surface area contributed by atoms with E-state index in [9.17, 15) is 0 Å². The molecule has 0 aliphatic rings. The number of rotatable bonds is 3. The molecule has 0 aromatic carbocycles. The van der Waals surface area contributed by atoms with Crippen molar-refractivity contribution in [2.75, 3.05) is 0 Å². The van der Waals surface area contributed by atoms with Gasteiger partial charge in [0, 0.05) is 0 Å². The molecule has 0 saturated carbocycles. The SMILES string of the molecule is Cc1cc(C)n([B-](n2nc(C)cc2C)n2nc(C)cc2C)n1.[Cu+]. The van der Waals surface area contributed by atoms with Gasteiger partial charge in [0.15, 0.2) is 0 Å². The van der Waals surface area contributed by atoms with Gasteiger partial charge in [-0.2, -0.15) is 0 Å². The Bertz CT molecular complexity index is 721. The summed E-state index contributed by atoms with van der Waals surface area (Å²) in [7, 11) is -0.226. The van der Waals surface area contributed by atoms with Crippen LogP contribution in [0.3, 0.4) is 0 Å². The third kappa shape index (κ3) is 3.14. The van der Waals surface area contributed by atoms with E-state index in [0.717, 1.165) is 34.2 Å². The summed E-state index contributed by atoms with van der Waals surface area (Å²) in [5.41, 5.74) is 6.23. The maximum Gasteiger partial charge on any atom is 1.00 e. The summed E-state index contributed by atoms with van der Waals surface area (Å²) < 4.78 is 5.94. The van der Waals surface area contributed by atoms with E-state index in [0.29, 0.717) is 0 Å². The smallest absolute Gasteiger partial charge is 0.422 e. The van der Waals surface area contributed by atoms with Crippen molar-refractivity contribution >= 4 is 7.12 Å². The van der Waals surface area contributed by atoms with Gasteiger partial charge in [-0.3, -0.25) is 0 Å². The molecule has 6 nitrogen and oxygen atoms in total. The summed E-state index contributed by atoms with van der Waals surface area (Å²) in [6.07, 6.45) is 0. The van der Waals surface area contributed by atoms with E-state index in [-0.39, 0.29) is 24.2 Å². The van der Waals surface area contributed by atoms with Crippen LogP contribution in [0, 0.1) is 41.5 Å². The van der Waals surface area contributed by atoms with E-state index in [1.165, 1.54) is 0 Å². The average molecular weight is 360 g/mol. The molecular weight excluding hydrogens is 339 g/mol. The van der Waals surface area contributed by atoms with Gasteiger partial charge in [0.1, 0.15) is 0 Å². The Morgan fingerprint density at radius 2 is 0.870 bits per heavy atom. The van der Waals surface area contributed by atoms with Crippen molar-refractivity contribution in [1.29, 1.82) is 0 Å². The topological polar surface area (TPSA) is 53.5 Å². The monoisotopic (exact) mass is 359 g/mol. The fourth-order valence-electron chi connectivity index (χ4n) is 2.95. The minimum atomic E-state index is -0.226. The summed E-state index contributed by atoms with van der Waals surface area (Å²) in [5.74, 6) is 0. The fourth-order valence-corrected chi connectivity index (χ4v) is 2.95. The molecule has 8 heteroatoms. The number of aryl methyl sites for hydroxylation is 6. The van der Waals surface area contributed by atoms with Gasteiger partial charge in [-0.05, 0) is 76.8 Å². The summed E-state index contributed by atoms with van der Waals surface area (Å²) in [5, 5.41) is 14.0. The van der Waals surface area contributed by atoms with Gasteiger partial charge in [-0.15, -0.1) is 0 Å². The molecule has 1 radical (unpaired) electrons. The Labute approximate surface area is 147 Å². The van der Waals surface area contributed by atoms with E-state index < -0.39 is 0 Å². The Balaban J connectivity index is 0.00000192. The quantitative estimate of drug-likeness (QED) is 0.673. The second-order valence-electron chi connectivity index (χ2n) is 5.96. The maximum atomic E-state index is 4.66. The van der Waals surface area contributed by atoms with Crippen LogP contribution in [0.2, 0.25) is 0 Å². The van der Waals surface area contributed by atoms with E-state index in [2.05, 4.69) is 54.3 Å². The van der Waals surface area contributed by atoms with Gasteiger partial charge in [-0.1, -0.05) is 0 Å². The first-order chi connectivity index (χ1) is 10.4. The van der Waals surface area contributed by atoms with Crippen LogP contribution in [0.1, 0.15) is 34.2 Å². The molecule has 0 bridgehead atoms. The molecule has 0 amide bonds. The van der Waals surface area contributed by atoms with Crippen LogP contribution in [0.4, 0.5) is 0 Å². The Morgan fingerprint density at radius 1 is 0.609 bits per heavy atom. The van der Waals surface area contributed by atoms with Gasteiger partial charge >= 0.3 is 17.1 Å². The normalized spacial score (nSPS) is 11.1. The first kappa shape index (κ1) is 17.6. The Kier molecular flexibility index (Phi) is 4.87. The van der Waals surface area contributed by atoms with Crippen LogP contribution < -0.4 is 0 Å². The zero-order chi connectivity index (χ0) is 16.0. The first-order valence-corrected chi connectivity index (χ1v) is 7.45. The molecule has 0 aliphatic heterocycles. The summed E-state index contributed by atoms with van der Waals surface area (Å²) in [4.78, 5) is 0. The Morgan fingerprint density at radius 3 is 1.04 bits per heavy atom. The second kappa shape index (κ2) is 6.38. The molecule has 0 spiro atoms. The van der Waals surface area contributed by atoms with E-state index in [1.807, 2.05) is 34.5 Å². The predicted molar refractivity (Wildman–Crippen MR) is 87.1 cm³/mol. The number of nitrogens with zero attached hydrogens (tertiary/aromatic N) is 6. The second-order valence-corrected chi connectivity index (χ2v) is 5.96. The van der Waals surface area contributed by atoms with Crippen molar-refractivity contribution in [1.82, 2.24) is 29.1 Å². The van der Waals surface area contributed by atoms with E-state index in [4.69, 9.17) is 0 Å². The van der Waals surface area contributed by atoms with Gasteiger partial charge in [0.2, 0.25) is 0 Å². The fraction of sp³-hybridized carbons (Fsp3) is 0.400. The summed E-state index contributed by atoms with van der Waals surface area (Å²) in [6.45, 7) is 12.2. The van der Waals surface area contributed by atoms with E-state index >= 15 is 0 Å². The van der Waals surface area contributed by atoms with Crippen molar-refractivity contribution in [3.05, 3.63) is 52.4 Å². The van der Waals surface area contributed by atoms with Crippen LogP contribution in [-0.4, -0.2) is 36.2 Å². The van der Waals surface area contributed by atoms with Crippen molar-refractivity contribution in [3.63, 3.8) is 0 Å². The molecule has 125 valence electrons. The molecule has 23 heavy (non-hydrogen) atoms. The van der Waals surface area contributed by atoms with E-state index in [1.54, 1.807) is 0 Å². The molecular formula is C15H21BCuN6. The zero-order valence-electron chi connectivity index (χ0n) is 14.3. The van der Waals surface area contributed by atoms with Gasteiger partial charge in [0.05, 0.1) is 17.1 Å². The molecule has 0 saturated heterocycles. The average Bonchev–Trinajstić information content (AvgIpc) is 3.02. The van der Waals surface area contributed by atoms with Gasteiger partial charge < -0.3 is 13.8 Å². The minimum Gasteiger partial charge on any atom is -0.422 e. The number of hydrogen-bond donors (Lipinski definition) is 0. The van der Waals surface area contributed by atoms with Crippen molar-refractivity contribution < 1.29 is 17.1 Å². The molecule has 0 aliphatic carbocycles. The predicted octanol–water partition coefficient (Wildman–Crippen LogP) is 2.05. The van der Waals surface area contributed by atoms with Crippen molar-refractivity contribution in [2.45, 2.75) is 41.5 Å². The minimum absolute atomic E-state index is 0. The van der Waals surface area contributed by atoms with Crippen LogP contribution in [0.15, 0.2) is 18.2 Å². The third-order valence-corrected chi connectivity index (χ3v) is 3.79. The molecule has 0 fully saturated rings. The van der Waals surface area contributed by atoms with Crippen molar-refractivity contribution in [3.8, 4) is 0 Å². The summed E-state index contributed by atoms with van der Waals surface area (Å²) in [6, 6.07) is 6.22. The molecule has 3 heterocycles. The Hall–Kier alpha value is -1.79. The van der Waals surface area contributed by atoms with Crippen LogP contribution in [0.25, 0.3) is 0 Å². The molecule has 3 rings (SSSR count). The molecule has 3 aromatic rings. The first-order valence-electron chi connectivity index (χ1n) is 7.45. The van der Waals surface area contributed by atoms with Crippen LogP contribution >= 0.6 is 0 Å². The standard InChI is InChI=1S/C15H21BN6.Cu/c1-10-7-13(4)20(17-10)16(21-14(5)8-11(2)18-21)22-15(6)9-12(3)19-22;/h7-9H,1-6H3;/q-1;+1. The van der Waals surface area contributed by atoms with Gasteiger partial charge in [-0.25, -0.2) is 15.3 Å². The van der Waals surface area contributed by atoms with Crippen LogP contribution in [-0.2, 0) is 17.1 Å². The van der Waals surface area contributed by atoms with Gasteiger partial charge in [0.25, 0.3) is 7.12 Å². The zero-order valence-corrected chi connectivity index (χ0v) is 15.2. The maximum absolute atomic E-state index is 4.66. The molecule has 0 N–H and O–H groups in total. The number of aromatic nitrogens is 6. The third-order valence-electron chi connectivity index (χ3n) is 3.79.